The van der Waals surface area contributed by atoms with Gasteiger partial charge in [-0.15, -0.1) is 5.10 Å². The van der Waals surface area contributed by atoms with Crippen LogP contribution in [-0.4, -0.2) is 58.2 Å². The number of H-pyrrole nitrogens is 1. The molecule has 38 heavy (non-hydrogen) atoms. The molecule has 0 atom stereocenters. The lowest BCUT2D eigenvalue weighted by Crippen LogP contribution is -2.30. The van der Waals surface area contributed by atoms with E-state index >= 15 is 0 Å². The van der Waals surface area contributed by atoms with Crippen LogP contribution in [0.4, 0.5) is 5.69 Å². The third kappa shape index (κ3) is 4.23. The van der Waals surface area contributed by atoms with Crippen molar-refractivity contribution in [3.8, 4) is 22.6 Å². The molecule has 10 heteroatoms. The molecule has 1 aliphatic heterocycles. The highest BCUT2D eigenvalue weighted by Crippen LogP contribution is 2.51. The van der Waals surface area contributed by atoms with Crippen molar-refractivity contribution < 1.29 is 19.1 Å². The number of tetrazole rings is 1. The first-order chi connectivity index (χ1) is 18.4. The lowest BCUT2D eigenvalue weighted by Gasteiger charge is -2.20. The Morgan fingerprint density at radius 3 is 2.61 bits per heavy atom. The number of aromatic nitrogens is 4. The van der Waals surface area contributed by atoms with Gasteiger partial charge in [-0.25, -0.2) is 5.10 Å². The maximum absolute atomic E-state index is 13.7. The number of rotatable bonds is 7. The Balaban J connectivity index is 1.35. The molecule has 0 radical (unpaired) electrons. The van der Waals surface area contributed by atoms with E-state index in [9.17, 15) is 9.59 Å². The normalized spacial score (nSPS) is 14.7. The van der Waals surface area contributed by atoms with Crippen molar-refractivity contribution in [1.29, 1.82) is 0 Å². The van der Waals surface area contributed by atoms with Crippen LogP contribution < -0.4 is 14.8 Å². The average Bonchev–Trinajstić information content (AvgIpc) is 3.33. The van der Waals surface area contributed by atoms with Crippen LogP contribution in [0.3, 0.4) is 0 Å². The van der Waals surface area contributed by atoms with E-state index in [2.05, 4.69) is 25.9 Å². The second-order valence-electron chi connectivity index (χ2n) is 9.75. The monoisotopic (exact) mass is 510 g/mol. The van der Waals surface area contributed by atoms with Crippen molar-refractivity contribution in [2.45, 2.75) is 24.7 Å². The zero-order valence-corrected chi connectivity index (χ0v) is 21.0. The third-order valence-electron chi connectivity index (χ3n) is 7.09. The van der Waals surface area contributed by atoms with Crippen LogP contribution in [0.2, 0.25) is 0 Å². The zero-order valence-electron chi connectivity index (χ0n) is 21.0. The summed E-state index contributed by atoms with van der Waals surface area (Å²) >= 11 is 0. The van der Waals surface area contributed by atoms with E-state index in [0.29, 0.717) is 47.8 Å². The molecule has 0 bridgehead atoms. The van der Waals surface area contributed by atoms with Gasteiger partial charge in [0.1, 0.15) is 0 Å². The lowest BCUT2D eigenvalue weighted by molar-refractivity contribution is -0.118. The summed E-state index contributed by atoms with van der Waals surface area (Å²) in [6, 6.07) is 19.1. The van der Waals surface area contributed by atoms with E-state index in [4.69, 9.17) is 9.47 Å². The number of aromatic amines is 1. The maximum atomic E-state index is 13.7. The highest BCUT2D eigenvalue weighted by molar-refractivity contribution is 6.08. The van der Waals surface area contributed by atoms with Gasteiger partial charge in [0.05, 0.1) is 16.7 Å². The number of hydrogen-bond donors (Lipinski definition) is 2. The molecular formula is C28H26N6O4. The first-order valence-electron chi connectivity index (χ1n) is 12.3. The Morgan fingerprint density at radius 1 is 1.03 bits per heavy atom. The Hall–Kier alpha value is -4.73. The standard InChI is InChI=1S/C28H26N6O4/c1-34(2)26(35)21-9-7-18(20-6-4-3-5-17(20)14-25-30-32-33-31-25)13-22(21)29-27(36)28(11-12-28)19-8-10-23-24(15-19)38-16-37-23/h3-10,13,15H,11-12,14,16H2,1-2H3,(H,29,36)(H,30,31,32,33). The van der Waals surface area contributed by atoms with Crippen LogP contribution >= 0.6 is 0 Å². The Morgan fingerprint density at radius 2 is 1.84 bits per heavy atom. The summed E-state index contributed by atoms with van der Waals surface area (Å²) in [5, 5.41) is 17.2. The predicted molar refractivity (Wildman–Crippen MR) is 139 cm³/mol. The summed E-state index contributed by atoms with van der Waals surface area (Å²) in [4.78, 5) is 28.3. The van der Waals surface area contributed by atoms with E-state index in [1.54, 1.807) is 20.2 Å². The largest absolute Gasteiger partial charge is 0.454 e. The average molecular weight is 511 g/mol. The number of anilines is 1. The molecule has 2 aliphatic rings. The fourth-order valence-electron chi connectivity index (χ4n) is 4.84. The summed E-state index contributed by atoms with van der Waals surface area (Å²) in [7, 11) is 3.38. The number of nitrogens with zero attached hydrogens (tertiary/aromatic N) is 4. The molecule has 1 saturated carbocycles. The fourth-order valence-corrected chi connectivity index (χ4v) is 4.84. The van der Waals surface area contributed by atoms with E-state index in [-0.39, 0.29) is 18.6 Å². The Kier molecular flexibility index (Phi) is 5.79. The molecule has 3 aromatic carbocycles. The molecule has 0 spiro atoms. The zero-order chi connectivity index (χ0) is 26.3. The topological polar surface area (TPSA) is 122 Å². The maximum Gasteiger partial charge on any atom is 0.255 e. The van der Waals surface area contributed by atoms with Gasteiger partial charge in [-0.1, -0.05) is 36.4 Å². The van der Waals surface area contributed by atoms with Crippen LogP contribution in [0.5, 0.6) is 11.5 Å². The first kappa shape index (κ1) is 23.7. The predicted octanol–water partition coefficient (Wildman–Crippen LogP) is 3.56. The van der Waals surface area contributed by atoms with Gasteiger partial charge in [-0.05, 0) is 69.8 Å². The molecule has 0 saturated heterocycles. The molecule has 10 nitrogen and oxygen atoms in total. The number of carbonyl (C=O) groups excluding carboxylic acids is 2. The van der Waals surface area contributed by atoms with E-state index in [0.717, 1.165) is 22.3 Å². The highest BCUT2D eigenvalue weighted by atomic mass is 16.7. The van der Waals surface area contributed by atoms with Gasteiger partial charge in [0.2, 0.25) is 12.7 Å². The van der Waals surface area contributed by atoms with Crippen molar-refractivity contribution >= 4 is 17.5 Å². The Bertz CT molecular complexity index is 1530. The van der Waals surface area contributed by atoms with Gasteiger partial charge in [-0.3, -0.25) is 9.59 Å². The molecular weight excluding hydrogens is 484 g/mol. The quantitative estimate of drug-likeness (QED) is 0.390. The number of ether oxygens (including phenoxy) is 2. The summed E-state index contributed by atoms with van der Waals surface area (Å²) in [6.45, 7) is 0.176. The van der Waals surface area contributed by atoms with Crippen molar-refractivity contribution in [2.75, 3.05) is 26.2 Å². The van der Waals surface area contributed by atoms with Crippen LogP contribution in [0.1, 0.15) is 40.2 Å². The third-order valence-corrected chi connectivity index (χ3v) is 7.09. The number of carbonyl (C=O) groups is 2. The van der Waals surface area contributed by atoms with Crippen molar-refractivity contribution in [1.82, 2.24) is 25.5 Å². The molecule has 1 aromatic heterocycles. The van der Waals surface area contributed by atoms with Crippen LogP contribution in [0, 0.1) is 0 Å². The minimum atomic E-state index is -0.674. The van der Waals surface area contributed by atoms with E-state index in [1.165, 1.54) is 4.90 Å². The number of fused-ring (bicyclic) bond motifs is 1. The lowest BCUT2D eigenvalue weighted by atomic mass is 9.93. The second kappa shape index (κ2) is 9.29. The fraction of sp³-hybridized carbons (Fsp3) is 0.250. The number of amides is 2. The van der Waals surface area contributed by atoms with Crippen LogP contribution in [-0.2, 0) is 16.6 Å². The van der Waals surface area contributed by atoms with Crippen molar-refractivity contribution in [3.05, 3.63) is 83.2 Å². The minimum Gasteiger partial charge on any atom is -0.454 e. The van der Waals surface area contributed by atoms with Gasteiger partial charge in [0, 0.05) is 20.5 Å². The summed E-state index contributed by atoms with van der Waals surface area (Å²) < 4.78 is 11.0. The van der Waals surface area contributed by atoms with Gasteiger partial charge in [-0.2, -0.15) is 0 Å². The molecule has 2 heterocycles. The summed E-state index contributed by atoms with van der Waals surface area (Å²) in [5.41, 5.74) is 3.93. The van der Waals surface area contributed by atoms with Crippen LogP contribution in [0.15, 0.2) is 60.7 Å². The van der Waals surface area contributed by atoms with Crippen LogP contribution in [0.25, 0.3) is 11.1 Å². The first-order valence-corrected chi connectivity index (χ1v) is 12.3. The van der Waals surface area contributed by atoms with Gasteiger partial charge in [0.25, 0.3) is 5.91 Å². The molecule has 1 aliphatic carbocycles. The molecule has 2 N–H and O–H groups in total. The molecule has 0 unspecified atom stereocenters. The van der Waals surface area contributed by atoms with E-state index < -0.39 is 5.41 Å². The highest BCUT2D eigenvalue weighted by Gasteiger charge is 2.52. The molecule has 2 amide bonds. The van der Waals surface area contributed by atoms with Crippen molar-refractivity contribution in [2.24, 2.45) is 0 Å². The summed E-state index contributed by atoms with van der Waals surface area (Å²) in [6.07, 6.45) is 1.93. The second-order valence-corrected chi connectivity index (χ2v) is 9.75. The molecule has 4 aromatic rings. The number of benzene rings is 3. The summed E-state index contributed by atoms with van der Waals surface area (Å²) in [5.74, 6) is 1.62. The SMILES string of the molecule is CN(C)C(=O)c1ccc(-c2ccccc2Cc2nnn[nH]2)cc1NC(=O)C1(c2ccc3c(c2)OCO3)CC1. The van der Waals surface area contributed by atoms with Crippen molar-refractivity contribution in [3.63, 3.8) is 0 Å². The van der Waals surface area contributed by atoms with Gasteiger partial charge >= 0.3 is 0 Å². The molecule has 1 fully saturated rings. The van der Waals surface area contributed by atoms with Gasteiger partial charge < -0.3 is 19.7 Å². The van der Waals surface area contributed by atoms with E-state index in [1.807, 2.05) is 54.6 Å². The Labute approximate surface area is 219 Å². The van der Waals surface area contributed by atoms with Gasteiger partial charge in [0.15, 0.2) is 17.3 Å². The number of nitrogens with one attached hydrogen (secondary N) is 2. The number of hydrogen-bond acceptors (Lipinski definition) is 7. The smallest absolute Gasteiger partial charge is 0.255 e. The minimum absolute atomic E-state index is 0.151. The molecule has 6 rings (SSSR count). The molecule has 192 valence electrons.